The van der Waals surface area contributed by atoms with E-state index in [1.165, 1.54) is 22.9 Å². The van der Waals surface area contributed by atoms with Crippen molar-refractivity contribution in [3.05, 3.63) is 58.3 Å². The molecule has 1 atom stereocenters. The Hall–Kier alpha value is -2.32. The van der Waals surface area contributed by atoms with Crippen molar-refractivity contribution in [2.24, 2.45) is 0 Å². The number of hydrogen-bond donors (Lipinski definition) is 1. The van der Waals surface area contributed by atoms with Gasteiger partial charge in [0.15, 0.2) is 0 Å². The van der Waals surface area contributed by atoms with Crippen LogP contribution in [0.4, 0.5) is 0 Å². The van der Waals surface area contributed by atoms with Crippen molar-refractivity contribution >= 4 is 17.7 Å². The van der Waals surface area contributed by atoms with Crippen molar-refractivity contribution in [3.8, 4) is 6.07 Å². The fourth-order valence-corrected chi connectivity index (χ4v) is 4.23. The van der Waals surface area contributed by atoms with Gasteiger partial charge in [0.05, 0.1) is 17.4 Å². The summed E-state index contributed by atoms with van der Waals surface area (Å²) in [6.07, 6.45) is 3.14. The van der Waals surface area contributed by atoms with Gasteiger partial charge in [-0.15, -0.1) is 0 Å². The van der Waals surface area contributed by atoms with Crippen LogP contribution in [-0.4, -0.2) is 16.6 Å². The SMILES string of the molecule is Cc1cc(C)c(C#N)c(SCC(=O)NC2CCCc3ccccc32)n1. The molecule has 0 saturated carbocycles. The van der Waals surface area contributed by atoms with E-state index in [1.54, 1.807) is 0 Å². The van der Waals surface area contributed by atoms with Gasteiger partial charge >= 0.3 is 0 Å². The summed E-state index contributed by atoms with van der Waals surface area (Å²) in [7, 11) is 0. The van der Waals surface area contributed by atoms with Gasteiger partial charge in [-0.1, -0.05) is 36.0 Å². The number of fused-ring (bicyclic) bond motifs is 1. The Kier molecular flexibility index (Phi) is 5.40. The lowest BCUT2D eigenvalue weighted by molar-refractivity contribution is -0.119. The van der Waals surface area contributed by atoms with Gasteiger partial charge in [0.1, 0.15) is 11.1 Å². The van der Waals surface area contributed by atoms with Crippen LogP contribution in [0.15, 0.2) is 35.4 Å². The van der Waals surface area contributed by atoms with Gasteiger partial charge in [-0.3, -0.25) is 4.79 Å². The fraction of sp³-hybridized carbons (Fsp3) is 0.350. The molecule has 5 heteroatoms. The zero-order chi connectivity index (χ0) is 17.8. The van der Waals surface area contributed by atoms with Gasteiger partial charge in [-0.2, -0.15) is 5.26 Å². The molecule has 2 aromatic rings. The Morgan fingerprint density at radius 1 is 1.40 bits per heavy atom. The van der Waals surface area contributed by atoms with Gasteiger partial charge in [0, 0.05) is 5.69 Å². The number of pyridine rings is 1. The van der Waals surface area contributed by atoms with Crippen LogP contribution in [0.5, 0.6) is 0 Å². The molecule has 128 valence electrons. The molecule has 0 saturated heterocycles. The van der Waals surface area contributed by atoms with Crippen LogP contribution in [0.2, 0.25) is 0 Å². The first-order valence-electron chi connectivity index (χ1n) is 8.47. The molecule has 1 unspecified atom stereocenters. The zero-order valence-electron chi connectivity index (χ0n) is 14.5. The molecule has 0 spiro atoms. The number of benzene rings is 1. The van der Waals surface area contributed by atoms with Crippen molar-refractivity contribution in [2.75, 3.05) is 5.75 Å². The lowest BCUT2D eigenvalue weighted by atomic mass is 9.88. The van der Waals surface area contributed by atoms with Crippen molar-refractivity contribution in [2.45, 2.75) is 44.2 Å². The van der Waals surface area contributed by atoms with E-state index in [0.29, 0.717) is 10.6 Å². The smallest absolute Gasteiger partial charge is 0.230 e. The molecule has 1 aromatic heterocycles. The van der Waals surface area contributed by atoms with E-state index in [1.807, 2.05) is 32.0 Å². The second kappa shape index (κ2) is 7.71. The summed E-state index contributed by atoms with van der Waals surface area (Å²) < 4.78 is 0. The number of amides is 1. The average Bonchev–Trinajstić information content (AvgIpc) is 2.60. The minimum atomic E-state index is -0.0171. The van der Waals surface area contributed by atoms with Crippen molar-refractivity contribution in [3.63, 3.8) is 0 Å². The molecule has 1 amide bonds. The first kappa shape index (κ1) is 17.5. The maximum absolute atomic E-state index is 12.4. The number of carbonyl (C=O) groups excluding carboxylic acids is 1. The van der Waals surface area contributed by atoms with Crippen LogP contribution in [0.25, 0.3) is 0 Å². The topological polar surface area (TPSA) is 65.8 Å². The van der Waals surface area contributed by atoms with Gasteiger partial charge < -0.3 is 5.32 Å². The van der Waals surface area contributed by atoms with Crippen molar-refractivity contribution in [1.29, 1.82) is 5.26 Å². The van der Waals surface area contributed by atoms with Gasteiger partial charge in [0.25, 0.3) is 0 Å². The van der Waals surface area contributed by atoms with E-state index < -0.39 is 0 Å². The second-order valence-corrected chi connectivity index (χ2v) is 7.34. The number of rotatable bonds is 4. The van der Waals surface area contributed by atoms with E-state index in [4.69, 9.17) is 0 Å². The van der Waals surface area contributed by atoms with Crippen LogP contribution in [-0.2, 0) is 11.2 Å². The fourth-order valence-electron chi connectivity index (χ4n) is 3.32. The van der Waals surface area contributed by atoms with Gasteiger partial charge in [-0.05, 0) is 55.9 Å². The Morgan fingerprint density at radius 2 is 2.20 bits per heavy atom. The van der Waals surface area contributed by atoms with Crippen LogP contribution in [0.3, 0.4) is 0 Å². The highest BCUT2D eigenvalue weighted by atomic mass is 32.2. The Morgan fingerprint density at radius 3 is 3.00 bits per heavy atom. The third kappa shape index (κ3) is 4.02. The number of nitrogens with one attached hydrogen (secondary N) is 1. The molecule has 1 aliphatic rings. The minimum absolute atomic E-state index is 0.0171. The number of carbonyl (C=O) groups is 1. The quantitative estimate of drug-likeness (QED) is 0.850. The van der Waals surface area contributed by atoms with Crippen LogP contribution in [0, 0.1) is 25.2 Å². The predicted octanol–water partition coefficient (Wildman–Crippen LogP) is 3.86. The molecular formula is C20H21N3OS. The number of aryl methyl sites for hydroxylation is 3. The van der Waals surface area contributed by atoms with Gasteiger partial charge in [-0.25, -0.2) is 4.98 Å². The summed E-state index contributed by atoms with van der Waals surface area (Å²) >= 11 is 1.33. The molecule has 0 fully saturated rings. The summed E-state index contributed by atoms with van der Waals surface area (Å²) in [5, 5.41) is 13.1. The van der Waals surface area contributed by atoms with Gasteiger partial charge in [0.2, 0.25) is 5.91 Å². The molecule has 25 heavy (non-hydrogen) atoms. The molecule has 1 N–H and O–H groups in total. The standard InChI is InChI=1S/C20H21N3OS/c1-13-10-14(2)22-20(17(13)11-21)25-12-19(24)23-18-9-5-7-15-6-3-4-8-16(15)18/h3-4,6,8,10,18H,5,7,9,12H2,1-2H3,(H,23,24). The normalized spacial score (nSPS) is 16.0. The van der Waals surface area contributed by atoms with E-state index in [0.717, 1.165) is 30.5 Å². The van der Waals surface area contributed by atoms with Crippen LogP contribution >= 0.6 is 11.8 Å². The summed E-state index contributed by atoms with van der Waals surface area (Å²) in [5.41, 5.74) is 4.88. The highest BCUT2D eigenvalue weighted by Crippen LogP contribution is 2.30. The molecule has 0 bridgehead atoms. The predicted molar refractivity (Wildman–Crippen MR) is 99.4 cm³/mol. The molecule has 1 aromatic carbocycles. The average molecular weight is 351 g/mol. The molecular weight excluding hydrogens is 330 g/mol. The number of nitrogens with zero attached hydrogens (tertiary/aromatic N) is 2. The summed E-state index contributed by atoms with van der Waals surface area (Å²) in [5.74, 6) is 0.250. The molecule has 1 heterocycles. The van der Waals surface area contributed by atoms with E-state index in [9.17, 15) is 10.1 Å². The first-order valence-corrected chi connectivity index (χ1v) is 9.45. The third-order valence-corrected chi connectivity index (χ3v) is 5.44. The molecule has 0 radical (unpaired) electrons. The van der Waals surface area contributed by atoms with Crippen molar-refractivity contribution in [1.82, 2.24) is 10.3 Å². The molecule has 3 rings (SSSR count). The summed E-state index contributed by atoms with van der Waals surface area (Å²) in [4.78, 5) is 16.8. The number of thioether (sulfide) groups is 1. The zero-order valence-corrected chi connectivity index (χ0v) is 15.3. The number of nitriles is 1. The highest BCUT2D eigenvalue weighted by Gasteiger charge is 2.21. The summed E-state index contributed by atoms with van der Waals surface area (Å²) in [6, 6.07) is 12.5. The lowest BCUT2D eigenvalue weighted by Gasteiger charge is -2.26. The molecule has 4 nitrogen and oxygen atoms in total. The van der Waals surface area contributed by atoms with E-state index in [2.05, 4.69) is 28.5 Å². The maximum Gasteiger partial charge on any atom is 0.230 e. The summed E-state index contributed by atoms with van der Waals surface area (Å²) in [6.45, 7) is 3.80. The maximum atomic E-state index is 12.4. The number of aromatic nitrogens is 1. The highest BCUT2D eigenvalue weighted by molar-refractivity contribution is 8.00. The number of hydrogen-bond acceptors (Lipinski definition) is 4. The second-order valence-electron chi connectivity index (χ2n) is 6.37. The third-order valence-electron chi connectivity index (χ3n) is 4.47. The molecule has 1 aliphatic carbocycles. The first-order chi connectivity index (χ1) is 12.1. The van der Waals surface area contributed by atoms with E-state index in [-0.39, 0.29) is 17.7 Å². The lowest BCUT2D eigenvalue weighted by Crippen LogP contribution is -2.32. The monoisotopic (exact) mass is 351 g/mol. The van der Waals surface area contributed by atoms with E-state index >= 15 is 0 Å². The molecule has 0 aliphatic heterocycles. The Balaban J connectivity index is 1.66. The Labute approximate surface area is 152 Å². The minimum Gasteiger partial charge on any atom is -0.349 e. The van der Waals surface area contributed by atoms with Crippen LogP contribution in [0.1, 0.15) is 46.8 Å². The Bertz CT molecular complexity index is 841. The largest absolute Gasteiger partial charge is 0.349 e. The van der Waals surface area contributed by atoms with Crippen LogP contribution < -0.4 is 5.32 Å². The van der Waals surface area contributed by atoms with Crippen molar-refractivity contribution < 1.29 is 4.79 Å².